The maximum atomic E-state index is 10.8. The van der Waals surface area contributed by atoms with Gasteiger partial charge in [-0.3, -0.25) is 0 Å². The van der Waals surface area contributed by atoms with E-state index < -0.39 is 5.97 Å². The molecule has 0 saturated carbocycles. The molecule has 0 atom stereocenters. The van der Waals surface area contributed by atoms with Crippen molar-refractivity contribution in [2.75, 3.05) is 5.73 Å². The fraction of sp³-hybridized carbons (Fsp3) is 0. The number of carboxylic acids is 1. The van der Waals surface area contributed by atoms with E-state index in [1.165, 1.54) is 6.07 Å². The Hall–Kier alpha value is -1.97. The first-order valence-electron chi connectivity index (χ1n) is 3.79. The third kappa shape index (κ3) is 1.03. The van der Waals surface area contributed by atoms with Gasteiger partial charge in [0.05, 0.1) is 16.8 Å². The lowest BCUT2D eigenvalue weighted by Crippen LogP contribution is -1.98. The van der Waals surface area contributed by atoms with Gasteiger partial charge in [-0.1, -0.05) is 0 Å². The lowest BCUT2D eigenvalue weighted by atomic mass is 10.1. The van der Waals surface area contributed by atoms with Gasteiger partial charge in [-0.25, -0.2) is 4.79 Å². The molecule has 0 saturated heterocycles. The van der Waals surface area contributed by atoms with E-state index in [-0.39, 0.29) is 5.56 Å². The summed E-state index contributed by atoms with van der Waals surface area (Å²) in [5, 5.41) is 9.48. The summed E-state index contributed by atoms with van der Waals surface area (Å²) < 4.78 is 0. The number of aromatic nitrogens is 1. The number of benzene rings is 1. The Morgan fingerprint density at radius 1 is 1.38 bits per heavy atom. The zero-order valence-corrected chi connectivity index (χ0v) is 6.74. The molecule has 4 N–H and O–H groups in total. The standard InChI is InChI=1S/C9H8N2O2/c10-7-2-1-6(9(12)13)5-3-4-11-8(5)7/h1-4,11H,10H2,(H,12,13). The fourth-order valence-electron chi connectivity index (χ4n) is 1.37. The quantitative estimate of drug-likeness (QED) is 0.575. The normalized spacial score (nSPS) is 10.5. The summed E-state index contributed by atoms with van der Waals surface area (Å²) in [4.78, 5) is 13.7. The number of carboxylic acid groups (broad SMARTS) is 1. The van der Waals surface area contributed by atoms with Gasteiger partial charge in [-0.2, -0.15) is 0 Å². The molecule has 0 amide bonds. The molecule has 0 unspecified atom stereocenters. The molecule has 13 heavy (non-hydrogen) atoms. The molecular weight excluding hydrogens is 168 g/mol. The van der Waals surface area contributed by atoms with Gasteiger partial charge in [0, 0.05) is 11.6 Å². The first-order chi connectivity index (χ1) is 6.20. The molecule has 1 heterocycles. The molecule has 1 aromatic carbocycles. The van der Waals surface area contributed by atoms with E-state index in [2.05, 4.69) is 4.98 Å². The number of aromatic amines is 1. The van der Waals surface area contributed by atoms with E-state index in [0.717, 1.165) is 0 Å². The molecule has 0 aliphatic carbocycles. The van der Waals surface area contributed by atoms with Crippen molar-refractivity contribution in [1.82, 2.24) is 4.98 Å². The summed E-state index contributed by atoms with van der Waals surface area (Å²) in [7, 11) is 0. The monoisotopic (exact) mass is 176 g/mol. The molecule has 4 heteroatoms. The Labute approximate surface area is 74.0 Å². The van der Waals surface area contributed by atoms with Gasteiger partial charge in [0.15, 0.2) is 0 Å². The van der Waals surface area contributed by atoms with E-state index in [1.807, 2.05) is 0 Å². The largest absolute Gasteiger partial charge is 0.478 e. The van der Waals surface area contributed by atoms with Crippen LogP contribution in [0, 0.1) is 0 Å². The second-order valence-corrected chi connectivity index (χ2v) is 2.77. The van der Waals surface area contributed by atoms with Gasteiger partial charge in [-0.05, 0) is 18.2 Å². The van der Waals surface area contributed by atoms with Crippen LogP contribution >= 0.6 is 0 Å². The highest BCUT2D eigenvalue weighted by Crippen LogP contribution is 2.22. The topological polar surface area (TPSA) is 79.1 Å². The number of anilines is 1. The molecule has 2 aromatic rings. The predicted molar refractivity (Wildman–Crippen MR) is 49.7 cm³/mol. The van der Waals surface area contributed by atoms with Crippen LogP contribution in [0.1, 0.15) is 10.4 Å². The van der Waals surface area contributed by atoms with Crippen LogP contribution in [-0.4, -0.2) is 16.1 Å². The number of rotatable bonds is 1. The van der Waals surface area contributed by atoms with Crippen molar-refractivity contribution >= 4 is 22.6 Å². The Morgan fingerprint density at radius 3 is 2.85 bits per heavy atom. The molecule has 66 valence electrons. The Balaban J connectivity index is 2.86. The summed E-state index contributed by atoms with van der Waals surface area (Å²) in [5.74, 6) is -0.940. The smallest absolute Gasteiger partial charge is 0.336 e. The maximum Gasteiger partial charge on any atom is 0.336 e. The van der Waals surface area contributed by atoms with Crippen LogP contribution in [0.4, 0.5) is 5.69 Å². The van der Waals surface area contributed by atoms with Crippen LogP contribution in [0.25, 0.3) is 10.9 Å². The van der Waals surface area contributed by atoms with Gasteiger partial charge in [0.2, 0.25) is 0 Å². The second kappa shape index (κ2) is 2.52. The summed E-state index contributed by atoms with van der Waals surface area (Å²) in [6.45, 7) is 0. The fourth-order valence-corrected chi connectivity index (χ4v) is 1.37. The Kier molecular flexibility index (Phi) is 1.48. The number of nitrogen functional groups attached to an aromatic ring is 1. The first-order valence-corrected chi connectivity index (χ1v) is 3.79. The van der Waals surface area contributed by atoms with Gasteiger partial charge in [-0.15, -0.1) is 0 Å². The van der Waals surface area contributed by atoms with E-state index in [0.29, 0.717) is 16.6 Å². The van der Waals surface area contributed by atoms with Crippen molar-refractivity contribution in [2.45, 2.75) is 0 Å². The molecule has 2 rings (SSSR count). The van der Waals surface area contributed by atoms with E-state index in [4.69, 9.17) is 10.8 Å². The minimum absolute atomic E-state index is 0.269. The van der Waals surface area contributed by atoms with Crippen molar-refractivity contribution < 1.29 is 9.90 Å². The van der Waals surface area contributed by atoms with E-state index in [1.54, 1.807) is 18.3 Å². The molecule has 0 bridgehead atoms. The van der Waals surface area contributed by atoms with Crippen LogP contribution in [0.5, 0.6) is 0 Å². The van der Waals surface area contributed by atoms with Crippen molar-refractivity contribution in [3.8, 4) is 0 Å². The lowest BCUT2D eigenvalue weighted by Gasteiger charge is -1.99. The average Bonchev–Trinajstić information content (AvgIpc) is 2.53. The zero-order valence-electron chi connectivity index (χ0n) is 6.74. The highest BCUT2D eigenvalue weighted by molar-refractivity contribution is 6.06. The van der Waals surface area contributed by atoms with Gasteiger partial charge in [0.25, 0.3) is 0 Å². The predicted octanol–water partition coefficient (Wildman–Crippen LogP) is 1.45. The molecule has 0 aliphatic rings. The molecular formula is C9H8N2O2. The van der Waals surface area contributed by atoms with Crippen molar-refractivity contribution in [3.05, 3.63) is 30.0 Å². The SMILES string of the molecule is Nc1ccc(C(=O)O)c2cc[nH]c12. The molecule has 1 aromatic heterocycles. The zero-order chi connectivity index (χ0) is 9.42. The number of carbonyl (C=O) groups is 1. The number of H-pyrrole nitrogens is 1. The summed E-state index contributed by atoms with van der Waals surface area (Å²) in [6, 6.07) is 4.80. The maximum absolute atomic E-state index is 10.8. The van der Waals surface area contributed by atoms with Gasteiger partial charge < -0.3 is 15.8 Å². The van der Waals surface area contributed by atoms with Crippen molar-refractivity contribution in [2.24, 2.45) is 0 Å². The third-order valence-electron chi connectivity index (χ3n) is 1.99. The van der Waals surface area contributed by atoms with E-state index >= 15 is 0 Å². The first kappa shape index (κ1) is 7.67. The second-order valence-electron chi connectivity index (χ2n) is 2.77. The molecule has 4 nitrogen and oxygen atoms in total. The Bertz CT molecular complexity index is 473. The van der Waals surface area contributed by atoms with Gasteiger partial charge >= 0.3 is 5.97 Å². The average molecular weight is 176 g/mol. The molecule has 0 fully saturated rings. The molecule has 0 aliphatic heterocycles. The van der Waals surface area contributed by atoms with Crippen molar-refractivity contribution in [1.29, 1.82) is 0 Å². The van der Waals surface area contributed by atoms with Crippen LogP contribution in [0.3, 0.4) is 0 Å². The number of nitrogens with two attached hydrogens (primary N) is 1. The molecule has 0 spiro atoms. The van der Waals surface area contributed by atoms with Crippen LogP contribution in [0.2, 0.25) is 0 Å². The summed E-state index contributed by atoms with van der Waals surface area (Å²) in [5.41, 5.74) is 7.16. The van der Waals surface area contributed by atoms with Crippen LogP contribution < -0.4 is 5.73 Å². The highest BCUT2D eigenvalue weighted by Gasteiger charge is 2.09. The minimum atomic E-state index is -0.940. The highest BCUT2D eigenvalue weighted by atomic mass is 16.4. The third-order valence-corrected chi connectivity index (χ3v) is 1.99. The van der Waals surface area contributed by atoms with E-state index in [9.17, 15) is 4.79 Å². The number of fused-ring (bicyclic) bond motifs is 1. The van der Waals surface area contributed by atoms with Crippen molar-refractivity contribution in [3.63, 3.8) is 0 Å². The minimum Gasteiger partial charge on any atom is -0.478 e. The van der Waals surface area contributed by atoms with Gasteiger partial charge in [0.1, 0.15) is 0 Å². The Morgan fingerprint density at radius 2 is 2.15 bits per heavy atom. The number of hydrogen-bond donors (Lipinski definition) is 3. The summed E-state index contributed by atoms with van der Waals surface area (Å²) in [6.07, 6.45) is 1.67. The summed E-state index contributed by atoms with van der Waals surface area (Å²) >= 11 is 0. The van der Waals surface area contributed by atoms with Crippen LogP contribution in [0.15, 0.2) is 24.4 Å². The molecule has 0 radical (unpaired) electrons. The number of nitrogens with one attached hydrogen (secondary N) is 1. The lowest BCUT2D eigenvalue weighted by molar-refractivity contribution is 0.0699. The number of hydrogen-bond acceptors (Lipinski definition) is 2. The number of aromatic carboxylic acids is 1. The van der Waals surface area contributed by atoms with Crippen LogP contribution in [-0.2, 0) is 0 Å².